The van der Waals surface area contributed by atoms with Crippen molar-refractivity contribution in [3.8, 4) is 12.1 Å². The minimum Gasteiger partial charge on any atom is -0.276 e. The number of nitrogens with one attached hydrogen (secondary N) is 1. The molecule has 0 fully saturated rings. The third-order valence-electron chi connectivity index (χ3n) is 2.66. The van der Waals surface area contributed by atoms with Crippen molar-refractivity contribution in [1.29, 1.82) is 10.5 Å². The first-order valence-electron chi connectivity index (χ1n) is 6.38. The fourth-order valence-corrected chi connectivity index (χ4v) is 2.68. The second-order valence-electron chi connectivity index (χ2n) is 4.32. The van der Waals surface area contributed by atoms with Crippen LogP contribution in [0, 0.1) is 32.8 Å². The van der Waals surface area contributed by atoms with Crippen molar-refractivity contribution in [2.75, 3.05) is 5.43 Å². The number of non-ortho nitro benzene ring substituents is 1. The molecule has 9 heteroatoms. The number of nitro groups is 1. The molecule has 2 aromatic rings. The molecule has 118 valence electrons. The lowest BCUT2D eigenvalue weighted by molar-refractivity contribution is -0.385. The Kier molecular flexibility index (Phi) is 5.74. The van der Waals surface area contributed by atoms with Gasteiger partial charge in [0, 0.05) is 26.9 Å². The summed E-state index contributed by atoms with van der Waals surface area (Å²) in [5.41, 5.74) is 2.26. The predicted molar refractivity (Wildman–Crippen MR) is 91.0 cm³/mol. The average Bonchev–Trinajstić information content (AvgIpc) is 2.57. The molecule has 0 saturated carbocycles. The van der Waals surface area contributed by atoms with E-state index in [1.165, 1.54) is 23.9 Å². The van der Waals surface area contributed by atoms with Crippen molar-refractivity contribution in [1.82, 2.24) is 0 Å². The Labute approximate surface area is 146 Å². The Hall–Kier alpha value is -3.07. The van der Waals surface area contributed by atoms with Gasteiger partial charge in [-0.3, -0.25) is 15.5 Å². The first-order valence-corrected chi connectivity index (χ1v) is 7.58. The van der Waals surface area contributed by atoms with Crippen molar-refractivity contribution < 1.29 is 4.92 Å². The maximum absolute atomic E-state index is 11.1. The molecular weight excluding hydrogens is 350 g/mol. The number of rotatable bonds is 5. The van der Waals surface area contributed by atoms with Gasteiger partial charge in [0.15, 0.2) is 0 Å². The second kappa shape index (κ2) is 7.97. The summed E-state index contributed by atoms with van der Waals surface area (Å²) in [6.45, 7) is 0. The van der Waals surface area contributed by atoms with Gasteiger partial charge in [-0.1, -0.05) is 23.4 Å². The lowest BCUT2D eigenvalue weighted by atomic mass is 10.3. The molecule has 0 spiro atoms. The van der Waals surface area contributed by atoms with Crippen molar-refractivity contribution in [2.24, 2.45) is 5.10 Å². The van der Waals surface area contributed by atoms with Crippen molar-refractivity contribution in [3.05, 3.63) is 57.6 Å². The standard InChI is InChI=1S/C15H8ClN5O2S/c16-10-1-3-14(4-2-10)24-15-6-11(5-13(7-15)21(22)23)19-20-12(8-17)9-18/h1-7,19H. The van der Waals surface area contributed by atoms with E-state index in [0.717, 1.165) is 4.90 Å². The number of nitrogens with zero attached hydrogens (tertiary/aromatic N) is 4. The van der Waals surface area contributed by atoms with Crippen LogP contribution in [0.1, 0.15) is 0 Å². The van der Waals surface area contributed by atoms with Crippen LogP contribution >= 0.6 is 23.4 Å². The quantitative estimate of drug-likeness (QED) is 0.486. The van der Waals surface area contributed by atoms with Crippen molar-refractivity contribution in [3.63, 3.8) is 0 Å². The van der Waals surface area contributed by atoms with Crippen LogP contribution in [0.25, 0.3) is 0 Å². The monoisotopic (exact) mass is 357 g/mol. The number of nitro benzene ring substituents is 1. The third-order valence-corrected chi connectivity index (χ3v) is 3.89. The van der Waals surface area contributed by atoms with E-state index in [1.807, 2.05) is 0 Å². The fraction of sp³-hybridized carbons (Fsp3) is 0. The molecule has 0 bridgehead atoms. The fourth-order valence-electron chi connectivity index (χ4n) is 1.65. The number of nitriles is 2. The van der Waals surface area contributed by atoms with Gasteiger partial charge in [0.25, 0.3) is 5.69 Å². The zero-order valence-electron chi connectivity index (χ0n) is 11.9. The zero-order chi connectivity index (χ0) is 17.5. The van der Waals surface area contributed by atoms with Crippen molar-refractivity contribution >= 4 is 40.4 Å². The van der Waals surface area contributed by atoms with Crippen LogP contribution in [0.5, 0.6) is 0 Å². The number of anilines is 1. The van der Waals surface area contributed by atoms with Crippen LogP contribution in [0.2, 0.25) is 5.02 Å². The highest BCUT2D eigenvalue weighted by Gasteiger charge is 2.11. The molecule has 0 aliphatic rings. The summed E-state index contributed by atoms with van der Waals surface area (Å²) in [4.78, 5) is 12.0. The van der Waals surface area contributed by atoms with Gasteiger partial charge in [0.2, 0.25) is 5.71 Å². The van der Waals surface area contributed by atoms with E-state index in [9.17, 15) is 10.1 Å². The first-order chi connectivity index (χ1) is 11.5. The summed E-state index contributed by atoms with van der Waals surface area (Å²) in [7, 11) is 0. The minimum absolute atomic E-state index is 0.137. The smallest absolute Gasteiger partial charge is 0.272 e. The summed E-state index contributed by atoms with van der Waals surface area (Å²) < 4.78 is 0. The molecule has 24 heavy (non-hydrogen) atoms. The molecule has 0 saturated heterocycles. The van der Waals surface area contributed by atoms with E-state index in [2.05, 4.69) is 10.5 Å². The Morgan fingerprint density at radius 3 is 2.42 bits per heavy atom. The molecule has 2 aromatic carbocycles. The number of hydrazone groups is 1. The van der Waals surface area contributed by atoms with Gasteiger partial charge in [-0.25, -0.2) is 0 Å². The normalized spacial score (nSPS) is 9.46. The van der Waals surface area contributed by atoms with E-state index in [4.69, 9.17) is 22.1 Å². The largest absolute Gasteiger partial charge is 0.276 e. The molecule has 0 atom stereocenters. The molecule has 0 heterocycles. The van der Waals surface area contributed by atoms with E-state index in [-0.39, 0.29) is 11.4 Å². The SMILES string of the molecule is N#CC(C#N)=NNc1cc(Sc2ccc(Cl)cc2)cc([N+](=O)[O-])c1. The summed E-state index contributed by atoms with van der Waals surface area (Å²) in [6.07, 6.45) is 0. The second-order valence-corrected chi connectivity index (χ2v) is 5.91. The lowest BCUT2D eigenvalue weighted by Crippen LogP contribution is -1.97. The van der Waals surface area contributed by atoms with Gasteiger partial charge in [-0.05, 0) is 30.3 Å². The number of benzene rings is 2. The highest BCUT2D eigenvalue weighted by Crippen LogP contribution is 2.33. The predicted octanol–water partition coefficient (Wildman–Crippen LogP) is 4.21. The van der Waals surface area contributed by atoms with Gasteiger partial charge in [0.1, 0.15) is 12.1 Å². The zero-order valence-corrected chi connectivity index (χ0v) is 13.5. The van der Waals surface area contributed by atoms with E-state index in [1.54, 1.807) is 42.5 Å². The highest BCUT2D eigenvalue weighted by atomic mass is 35.5. The van der Waals surface area contributed by atoms with Crippen molar-refractivity contribution in [2.45, 2.75) is 9.79 Å². The van der Waals surface area contributed by atoms with Crippen LogP contribution < -0.4 is 5.43 Å². The van der Waals surface area contributed by atoms with Crippen LogP contribution in [-0.2, 0) is 0 Å². The molecule has 0 aliphatic heterocycles. The Morgan fingerprint density at radius 2 is 1.83 bits per heavy atom. The van der Waals surface area contributed by atoms with Crippen LogP contribution in [0.15, 0.2) is 57.4 Å². The van der Waals surface area contributed by atoms with Gasteiger partial charge >= 0.3 is 0 Å². The average molecular weight is 358 g/mol. The topological polar surface area (TPSA) is 115 Å². The Morgan fingerprint density at radius 1 is 1.17 bits per heavy atom. The van der Waals surface area contributed by atoms with E-state index >= 15 is 0 Å². The maximum Gasteiger partial charge on any atom is 0.272 e. The van der Waals surface area contributed by atoms with Gasteiger partial charge < -0.3 is 0 Å². The van der Waals surface area contributed by atoms with E-state index in [0.29, 0.717) is 15.6 Å². The summed E-state index contributed by atoms with van der Waals surface area (Å²) >= 11 is 7.14. The van der Waals surface area contributed by atoms with Crippen LogP contribution in [0.4, 0.5) is 11.4 Å². The first kappa shape index (κ1) is 17.3. The summed E-state index contributed by atoms with van der Waals surface area (Å²) in [5, 5.41) is 32.5. The minimum atomic E-state index is -0.531. The van der Waals surface area contributed by atoms with E-state index < -0.39 is 4.92 Å². The van der Waals surface area contributed by atoms with Gasteiger partial charge in [-0.15, -0.1) is 0 Å². The van der Waals surface area contributed by atoms with Crippen LogP contribution in [0.3, 0.4) is 0 Å². The molecule has 7 nitrogen and oxygen atoms in total. The lowest BCUT2D eigenvalue weighted by Gasteiger charge is -2.06. The molecule has 0 aromatic heterocycles. The number of hydrogen-bond donors (Lipinski definition) is 1. The third kappa shape index (κ3) is 4.71. The molecule has 0 unspecified atom stereocenters. The van der Waals surface area contributed by atoms with Crippen LogP contribution in [-0.4, -0.2) is 10.6 Å². The molecular formula is C15H8ClN5O2S. The molecule has 1 N–H and O–H groups in total. The summed E-state index contributed by atoms with van der Waals surface area (Å²) in [5.74, 6) is 0. The summed E-state index contributed by atoms with van der Waals surface area (Å²) in [6, 6.07) is 14.5. The highest BCUT2D eigenvalue weighted by molar-refractivity contribution is 7.99. The molecule has 2 rings (SSSR count). The maximum atomic E-state index is 11.1. The molecule has 0 amide bonds. The Bertz CT molecular complexity index is 868. The molecule has 0 aliphatic carbocycles. The number of halogens is 1. The number of hydrogen-bond acceptors (Lipinski definition) is 7. The van der Waals surface area contributed by atoms with Gasteiger partial charge in [-0.2, -0.15) is 15.6 Å². The van der Waals surface area contributed by atoms with Gasteiger partial charge in [0.05, 0.1) is 10.6 Å². The Balaban J connectivity index is 2.32. The molecule has 0 radical (unpaired) electrons.